The Morgan fingerprint density at radius 3 is 2.26 bits per heavy atom. The molecule has 1 saturated heterocycles. The summed E-state index contributed by atoms with van der Waals surface area (Å²) < 4.78 is 16.1. The van der Waals surface area contributed by atoms with Crippen LogP contribution in [0.15, 0.2) is 41.2 Å². The van der Waals surface area contributed by atoms with Gasteiger partial charge >= 0.3 is 6.09 Å². The minimum absolute atomic E-state index is 0.276. The number of piperazine rings is 1. The summed E-state index contributed by atoms with van der Waals surface area (Å²) in [5, 5.41) is 0.381. The lowest BCUT2D eigenvalue weighted by Gasteiger charge is -2.36. The summed E-state index contributed by atoms with van der Waals surface area (Å²) in [6.07, 6.45) is -0.276. The number of nitrogens with one attached hydrogen (secondary N) is 1. The summed E-state index contributed by atoms with van der Waals surface area (Å²) in [5.41, 5.74) is 1.55. The Labute approximate surface area is 198 Å². The summed E-state index contributed by atoms with van der Waals surface area (Å²) in [6.45, 7) is 8.22. The number of anilines is 1. The van der Waals surface area contributed by atoms with Crippen molar-refractivity contribution >= 4 is 22.7 Å². The summed E-state index contributed by atoms with van der Waals surface area (Å²) in [7, 11) is 3.06. The number of hydrogen-bond donors (Lipinski definition) is 1. The van der Waals surface area contributed by atoms with Crippen LogP contribution in [0.1, 0.15) is 20.8 Å². The Kier molecular flexibility index (Phi) is 6.37. The van der Waals surface area contributed by atoms with Gasteiger partial charge < -0.3 is 29.0 Å². The van der Waals surface area contributed by atoms with E-state index in [1.54, 1.807) is 24.1 Å². The van der Waals surface area contributed by atoms with E-state index in [0.29, 0.717) is 54.4 Å². The van der Waals surface area contributed by atoms with Crippen LogP contribution < -0.4 is 19.9 Å². The average molecular weight is 467 g/mol. The molecule has 2 aromatic carbocycles. The SMILES string of the molecule is COc1cc(OC)c2c(=O)[nH]c(-c3ccc(N4CCN(C(=O)OC(C)(C)C)CC4)cc3)nc2c1. The number of methoxy groups -OCH3 is 2. The molecular weight excluding hydrogens is 436 g/mol. The van der Waals surface area contributed by atoms with Crippen LogP contribution in [0.4, 0.5) is 10.5 Å². The first-order chi connectivity index (χ1) is 16.2. The lowest BCUT2D eigenvalue weighted by atomic mass is 10.1. The van der Waals surface area contributed by atoms with Gasteiger partial charge in [0.05, 0.1) is 19.7 Å². The third-order valence-electron chi connectivity index (χ3n) is 5.64. The van der Waals surface area contributed by atoms with Crippen LogP contribution >= 0.6 is 0 Å². The molecule has 0 bridgehead atoms. The van der Waals surface area contributed by atoms with Crippen LogP contribution in [0.3, 0.4) is 0 Å². The molecule has 0 radical (unpaired) electrons. The number of ether oxygens (including phenoxy) is 3. The minimum Gasteiger partial charge on any atom is -0.497 e. The van der Waals surface area contributed by atoms with Gasteiger partial charge in [0.2, 0.25) is 0 Å². The van der Waals surface area contributed by atoms with Gasteiger partial charge in [-0.1, -0.05) is 0 Å². The molecule has 1 aromatic heterocycles. The number of carbonyl (C=O) groups is 1. The molecule has 0 unspecified atom stereocenters. The maximum Gasteiger partial charge on any atom is 0.410 e. The number of amides is 1. The quantitative estimate of drug-likeness (QED) is 0.627. The van der Waals surface area contributed by atoms with Crippen LogP contribution in [0.2, 0.25) is 0 Å². The van der Waals surface area contributed by atoms with Crippen LogP contribution in [-0.2, 0) is 4.74 Å². The van der Waals surface area contributed by atoms with Gasteiger partial charge in [-0.2, -0.15) is 0 Å². The van der Waals surface area contributed by atoms with Crippen molar-refractivity contribution in [1.29, 1.82) is 0 Å². The van der Waals surface area contributed by atoms with E-state index < -0.39 is 5.60 Å². The lowest BCUT2D eigenvalue weighted by molar-refractivity contribution is 0.0240. The number of aromatic amines is 1. The predicted molar refractivity (Wildman–Crippen MR) is 131 cm³/mol. The fraction of sp³-hybridized carbons (Fsp3) is 0.400. The topological polar surface area (TPSA) is 97.0 Å². The Bertz CT molecular complexity index is 1240. The maximum absolute atomic E-state index is 12.8. The zero-order chi connectivity index (χ0) is 24.5. The van der Waals surface area contributed by atoms with Gasteiger partial charge in [0.25, 0.3) is 5.56 Å². The van der Waals surface area contributed by atoms with Gasteiger partial charge in [0.1, 0.15) is 28.3 Å². The highest BCUT2D eigenvalue weighted by molar-refractivity contribution is 5.87. The zero-order valence-corrected chi connectivity index (χ0v) is 20.2. The summed E-state index contributed by atoms with van der Waals surface area (Å²) in [5.74, 6) is 1.44. The predicted octanol–water partition coefficient (Wildman–Crippen LogP) is 3.66. The molecule has 0 aliphatic carbocycles. The molecular formula is C25H30N4O5. The van der Waals surface area contributed by atoms with Crippen molar-refractivity contribution in [2.45, 2.75) is 26.4 Å². The van der Waals surface area contributed by atoms with E-state index in [1.165, 1.54) is 7.11 Å². The second-order valence-electron chi connectivity index (χ2n) is 9.14. The number of rotatable bonds is 4. The number of hydrogen-bond acceptors (Lipinski definition) is 7. The molecule has 9 nitrogen and oxygen atoms in total. The van der Waals surface area contributed by atoms with E-state index in [2.05, 4.69) is 14.9 Å². The van der Waals surface area contributed by atoms with E-state index in [0.717, 1.165) is 11.3 Å². The molecule has 0 spiro atoms. The second-order valence-corrected chi connectivity index (χ2v) is 9.14. The van der Waals surface area contributed by atoms with Crippen molar-refractivity contribution < 1.29 is 19.0 Å². The van der Waals surface area contributed by atoms with Crippen LogP contribution in [0.25, 0.3) is 22.3 Å². The largest absolute Gasteiger partial charge is 0.497 e. The highest BCUT2D eigenvalue weighted by atomic mass is 16.6. The first-order valence-electron chi connectivity index (χ1n) is 11.2. The molecule has 1 N–H and O–H groups in total. The average Bonchev–Trinajstić information content (AvgIpc) is 2.82. The molecule has 4 rings (SSSR count). The zero-order valence-electron chi connectivity index (χ0n) is 20.2. The van der Waals surface area contributed by atoms with Crippen molar-refractivity contribution in [1.82, 2.24) is 14.9 Å². The number of nitrogens with zero attached hydrogens (tertiary/aromatic N) is 3. The van der Waals surface area contributed by atoms with Gasteiger partial charge in [-0.05, 0) is 45.0 Å². The van der Waals surface area contributed by atoms with E-state index in [4.69, 9.17) is 14.2 Å². The van der Waals surface area contributed by atoms with Gasteiger partial charge in [-0.25, -0.2) is 9.78 Å². The van der Waals surface area contributed by atoms with Crippen molar-refractivity contribution in [2.75, 3.05) is 45.3 Å². The number of benzene rings is 2. The van der Waals surface area contributed by atoms with Crippen molar-refractivity contribution in [3.8, 4) is 22.9 Å². The molecule has 1 aliphatic heterocycles. The molecule has 1 fully saturated rings. The summed E-state index contributed by atoms with van der Waals surface area (Å²) in [4.78, 5) is 36.5. The molecule has 1 aliphatic rings. The normalized spacial score (nSPS) is 14.3. The van der Waals surface area contributed by atoms with E-state index in [1.807, 2.05) is 45.0 Å². The first-order valence-corrected chi connectivity index (χ1v) is 11.2. The summed E-state index contributed by atoms with van der Waals surface area (Å²) >= 11 is 0. The van der Waals surface area contributed by atoms with Crippen molar-refractivity contribution in [3.05, 3.63) is 46.8 Å². The third-order valence-corrected chi connectivity index (χ3v) is 5.64. The minimum atomic E-state index is -0.502. The van der Waals surface area contributed by atoms with Crippen molar-refractivity contribution in [3.63, 3.8) is 0 Å². The van der Waals surface area contributed by atoms with Crippen molar-refractivity contribution in [2.24, 2.45) is 0 Å². The Balaban J connectivity index is 1.51. The van der Waals surface area contributed by atoms with Crippen LogP contribution in [0.5, 0.6) is 11.5 Å². The van der Waals surface area contributed by atoms with E-state index in [9.17, 15) is 9.59 Å². The summed E-state index contributed by atoms with van der Waals surface area (Å²) in [6, 6.07) is 11.2. The maximum atomic E-state index is 12.8. The molecule has 3 aromatic rings. The lowest BCUT2D eigenvalue weighted by Crippen LogP contribution is -2.50. The molecule has 2 heterocycles. The highest BCUT2D eigenvalue weighted by Crippen LogP contribution is 2.29. The molecule has 9 heteroatoms. The van der Waals surface area contributed by atoms with Gasteiger partial charge in [-0.3, -0.25) is 4.79 Å². The molecule has 0 saturated carbocycles. The third kappa shape index (κ3) is 4.93. The fourth-order valence-electron chi connectivity index (χ4n) is 3.93. The van der Waals surface area contributed by atoms with Gasteiger partial charge in [0, 0.05) is 49.6 Å². The standard InChI is InChI=1S/C25H30N4O5/c1-25(2,3)34-24(31)29-12-10-28(11-13-29)17-8-6-16(7-9-17)22-26-19-14-18(32-4)15-20(33-5)21(19)23(30)27-22/h6-9,14-15H,10-13H2,1-5H3,(H,26,27,30). The van der Waals surface area contributed by atoms with Gasteiger partial charge in [-0.15, -0.1) is 0 Å². The Morgan fingerprint density at radius 2 is 1.68 bits per heavy atom. The number of aromatic nitrogens is 2. The molecule has 1 amide bonds. The number of carbonyl (C=O) groups excluding carboxylic acids is 1. The monoisotopic (exact) mass is 466 g/mol. The van der Waals surface area contributed by atoms with E-state index >= 15 is 0 Å². The molecule has 0 atom stereocenters. The molecule has 180 valence electrons. The molecule has 34 heavy (non-hydrogen) atoms. The van der Waals surface area contributed by atoms with E-state index in [-0.39, 0.29) is 11.7 Å². The second kappa shape index (κ2) is 9.24. The Morgan fingerprint density at radius 1 is 1.00 bits per heavy atom. The first kappa shape index (κ1) is 23.4. The van der Waals surface area contributed by atoms with Crippen LogP contribution in [0, 0.1) is 0 Å². The fourth-order valence-corrected chi connectivity index (χ4v) is 3.93. The Hall–Kier alpha value is -3.75. The highest BCUT2D eigenvalue weighted by Gasteiger charge is 2.26. The van der Waals surface area contributed by atoms with Crippen LogP contribution in [-0.4, -0.2) is 67.0 Å². The smallest absolute Gasteiger partial charge is 0.410 e. The van der Waals surface area contributed by atoms with Gasteiger partial charge in [0.15, 0.2) is 0 Å². The number of fused-ring (bicyclic) bond motifs is 1. The number of H-pyrrole nitrogens is 1.